The molecule has 0 aliphatic heterocycles. The minimum Gasteiger partial charge on any atom is -0.444 e. The van der Waals surface area contributed by atoms with Gasteiger partial charge in [0.05, 0.1) is 5.69 Å². The molecule has 0 bridgehead atoms. The minimum absolute atomic E-state index is 0.173. The molecule has 0 saturated heterocycles. The van der Waals surface area contributed by atoms with Crippen LogP contribution in [0.5, 0.6) is 0 Å². The molecule has 4 aromatic rings. The molecule has 2 aromatic heterocycles. The molecule has 0 spiro atoms. The number of carbonyl (C=O) groups excluding carboxylic acids is 1. The fraction of sp³-hybridized carbons (Fsp3) is 0.250. The van der Waals surface area contributed by atoms with Crippen molar-refractivity contribution >= 4 is 16.9 Å². The van der Waals surface area contributed by atoms with Crippen LogP contribution in [0.4, 0.5) is 4.79 Å². The monoisotopic (exact) mass is 402 g/mol. The molecule has 2 aromatic carbocycles. The smallest absolute Gasteiger partial charge is 0.314 e. The number of hydrogen-bond donors (Lipinski definition) is 3. The van der Waals surface area contributed by atoms with E-state index in [9.17, 15) is 4.79 Å². The molecule has 0 radical (unpaired) electrons. The molecule has 0 atom stereocenters. The van der Waals surface area contributed by atoms with E-state index in [-0.39, 0.29) is 6.03 Å². The Bertz CT molecular complexity index is 1140. The maximum Gasteiger partial charge on any atom is 0.314 e. The molecular formula is C24H26N4O2. The second kappa shape index (κ2) is 8.86. The van der Waals surface area contributed by atoms with E-state index in [1.54, 1.807) is 6.26 Å². The van der Waals surface area contributed by atoms with Crippen LogP contribution in [-0.4, -0.2) is 29.1 Å². The Morgan fingerprint density at radius 3 is 2.53 bits per heavy atom. The predicted molar refractivity (Wildman–Crippen MR) is 119 cm³/mol. The molecule has 4 rings (SSSR count). The first-order chi connectivity index (χ1) is 14.6. The Morgan fingerprint density at radius 1 is 1.00 bits per heavy atom. The summed E-state index contributed by atoms with van der Waals surface area (Å²) in [7, 11) is 0. The third-order valence-corrected chi connectivity index (χ3v) is 5.12. The van der Waals surface area contributed by atoms with Gasteiger partial charge in [0.25, 0.3) is 0 Å². The Kier molecular flexibility index (Phi) is 5.84. The number of H-pyrrole nitrogens is 1. The highest BCUT2D eigenvalue weighted by Gasteiger charge is 2.08. The highest BCUT2D eigenvalue weighted by Crippen LogP contribution is 2.20. The number of benzene rings is 2. The molecule has 0 aliphatic rings. The maximum atomic E-state index is 12.1. The van der Waals surface area contributed by atoms with Gasteiger partial charge in [0.1, 0.15) is 6.26 Å². The topological polar surface area (TPSA) is 83.0 Å². The number of carbonyl (C=O) groups is 1. The zero-order valence-electron chi connectivity index (χ0n) is 17.3. The molecule has 6 heteroatoms. The molecular weight excluding hydrogens is 376 g/mol. The molecule has 0 aliphatic carbocycles. The normalized spacial score (nSPS) is 11.0. The SMILES string of the molecule is Cc1ccc(-c2nc(CCNC(=O)NCCc3c[nH]c4cc(C)ccc34)co2)cc1. The summed E-state index contributed by atoms with van der Waals surface area (Å²) in [6.07, 6.45) is 5.05. The number of hydrogen-bond acceptors (Lipinski definition) is 3. The van der Waals surface area contributed by atoms with E-state index in [1.807, 2.05) is 37.4 Å². The Hall–Kier alpha value is -3.54. The molecule has 6 nitrogen and oxygen atoms in total. The van der Waals surface area contributed by atoms with Crippen molar-refractivity contribution in [3.05, 3.63) is 77.3 Å². The van der Waals surface area contributed by atoms with Gasteiger partial charge in [0.15, 0.2) is 0 Å². The Morgan fingerprint density at radius 2 is 1.73 bits per heavy atom. The Labute approximate surface area is 175 Å². The molecule has 0 unspecified atom stereocenters. The fourth-order valence-electron chi connectivity index (χ4n) is 3.43. The van der Waals surface area contributed by atoms with E-state index in [0.29, 0.717) is 25.4 Å². The summed E-state index contributed by atoms with van der Waals surface area (Å²) in [6, 6.07) is 14.2. The van der Waals surface area contributed by atoms with Gasteiger partial charge >= 0.3 is 6.03 Å². The lowest BCUT2D eigenvalue weighted by Crippen LogP contribution is -2.37. The second-order valence-corrected chi connectivity index (χ2v) is 7.56. The lowest BCUT2D eigenvalue weighted by atomic mass is 10.1. The lowest BCUT2D eigenvalue weighted by Gasteiger charge is -2.06. The third kappa shape index (κ3) is 4.71. The minimum atomic E-state index is -0.173. The zero-order valence-corrected chi connectivity index (χ0v) is 17.3. The summed E-state index contributed by atoms with van der Waals surface area (Å²) in [4.78, 5) is 19.8. The van der Waals surface area contributed by atoms with Gasteiger partial charge in [-0.3, -0.25) is 0 Å². The summed E-state index contributed by atoms with van der Waals surface area (Å²) < 4.78 is 5.55. The van der Waals surface area contributed by atoms with Crippen LogP contribution in [0.3, 0.4) is 0 Å². The van der Waals surface area contributed by atoms with Crippen molar-refractivity contribution < 1.29 is 9.21 Å². The highest BCUT2D eigenvalue weighted by molar-refractivity contribution is 5.83. The van der Waals surface area contributed by atoms with Crippen molar-refractivity contribution in [1.82, 2.24) is 20.6 Å². The van der Waals surface area contributed by atoms with E-state index in [2.05, 4.69) is 45.7 Å². The number of oxazole rings is 1. The van der Waals surface area contributed by atoms with Gasteiger partial charge in [-0.1, -0.05) is 29.8 Å². The van der Waals surface area contributed by atoms with Gasteiger partial charge in [-0.2, -0.15) is 0 Å². The molecule has 30 heavy (non-hydrogen) atoms. The van der Waals surface area contributed by atoms with Gasteiger partial charge in [-0.25, -0.2) is 9.78 Å². The maximum absolute atomic E-state index is 12.1. The largest absolute Gasteiger partial charge is 0.444 e. The number of rotatable bonds is 7. The summed E-state index contributed by atoms with van der Waals surface area (Å²) in [6.45, 7) is 5.20. The number of aromatic nitrogens is 2. The van der Waals surface area contributed by atoms with E-state index < -0.39 is 0 Å². The average Bonchev–Trinajstić information content (AvgIpc) is 3.36. The van der Waals surface area contributed by atoms with Crippen molar-refractivity contribution in [2.75, 3.05) is 13.1 Å². The predicted octanol–water partition coefficient (Wildman–Crippen LogP) is 4.52. The standard InChI is InChI=1S/C24H26N4O2/c1-16-3-6-18(7-4-16)23-28-20(15-30-23)10-12-26-24(29)25-11-9-19-14-27-22-13-17(2)5-8-21(19)22/h3-8,13-15,27H,9-12H2,1-2H3,(H2,25,26,29). The molecule has 2 heterocycles. The molecule has 154 valence electrons. The van der Waals surface area contributed by atoms with Crippen molar-refractivity contribution in [1.29, 1.82) is 0 Å². The van der Waals surface area contributed by atoms with Crippen molar-refractivity contribution in [2.45, 2.75) is 26.7 Å². The molecule has 0 fully saturated rings. The highest BCUT2D eigenvalue weighted by atomic mass is 16.3. The van der Waals surface area contributed by atoms with Crippen molar-refractivity contribution in [3.63, 3.8) is 0 Å². The van der Waals surface area contributed by atoms with E-state index in [0.717, 1.165) is 23.2 Å². The van der Waals surface area contributed by atoms with E-state index >= 15 is 0 Å². The summed E-state index contributed by atoms with van der Waals surface area (Å²) in [5.74, 6) is 0.600. The first kappa shape index (κ1) is 19.8. The quantitative estimate of drug-likeness (QED) is 0.425. The van der Waals surface area contributed by atoms with Gasteiger partial charge in [0.2, 0.25) is 5.89 Å². The number of amides is 2. The fourth-order valence-corrected chi connectivity index (χ4v) is 3.43. The van der Waals surface area contributed by atoms with Crippen LogP contribution in [0.2, 0.25) is 0 Å². The van der Waals surface area contributed by atoms with Crippen LogP contribution < -0.4 is 10.6 Å². The Balaban J connectivity index is 1.20. The van der Waals surface area contributed by atoms with Crippen molar-refractivity contribution in [2.24, 2.45) is 0 Å². The van der Waals surface area contributed by atoms with Crippen LogP contribution >= 0.6 is 0 Å². The zero-order chi connectivity index (χ0) is 20.9. The van der Waals surface area contributed by atoms with Crippen LogP contribution in [-0.2, 0) is 12.8 Å². The average molecular weight is 402 g/mol. The number of aromatic amines is 1. The third-order valence-electron chi connectivity index (χ3n) is 5.12. The van der Waals surface area contributed by atoms with Crippen molar-refractivity contribution in [3.8, 4) is 11.5 Å². The van der Waals surface area contributed by atoms with Crippen LogP contribution in [0, 0.1) is 13.8 Å². The number of fused-ring (bicyclic) bond motifs is 1. The summed E-state index contributed by atoms with van der Waals surface area (Å²) in [5.41, 5.74) is 6.53. The number of aryl methyl sites for hydroxylation is 2. The second-order valence-electron chi connectivity index (χ2n) is 7.56. The lowest BCUT2D eigenvalue weighted by molar-refractivity contribution is 0.241. The first-order valence-corrected chi connectivity index (χ1v) is 10.2. The van der Waals surface area contributed by atoms with Gasteiger partial charge in [-0.15, -0.1) is 0 Å². The van der Waals surface area contributed by atoms with Crippen LogP contribution in [0.1, 0.15) is 22.4 Å². The van der Waals surface area contributed by atoms with Gasteiger partial charge in [0, 0.05) is 42.2 Å². The van der Waals surface area contributed by atoms with Crippen LogP contribution in [0.15, 0.2) is 59.3 Å². The number of nitrogens with zero attached hydrogens (tertiary/aromatic N) is 1. The van der Waals surface area contributed by atoms with Gasteiger partial charge in [-0.05, 0) is 49.6 Å². The summed E-state index contributed by atoms with van der Waals surface area (Å²) >= 11 is 0. The first-order valence-electron chi connectivity index (χ1n) is 10.2. The number of nitrogens with one attached hydrogen (secondary N) is 3. The van der Waals surface area contributed by atoms with E-state index in [4.69, 9.17) is 4.42 Å². The molecule has 2 amide bonds. The van der Waals surface area contributed by atoms with E-state index in [1.165, 1.54) is 22.1 Å². The molecule has 3 N–H and O–H groups in total. The molecule has 0 saturated carbocycles. The van der Waals surface area contributed by atoms with Crippen LogP contribution in [0.25, 0.3) is 22.4 Å². The number of urea groups is 1. The summed E-state index contributed by atoms with van der Waals surface area (Å²) in [5, 5.41) is 6.99. The van der Waals surface area contributed by atoms with Gasteiger partial charge < -0.3 is 20.0 Å².